The zero-order valence-electron chi connectivity index (χ0n) is 20.2. The van der Waals surface area contributed by atoms with Crippen molar-refractivity contribution in [1.82, 2.24) is 4.98 Å². The van der Waals surface area contributed by atoms with Gasteiger partial charge in [-0.2, -0.15) is 0 Å². The quantitative estimate of drug-likeness (QED) is 0.316. The van der Waals surface area contributed by atoms with E-state index in [1.807, 2.05) is 13.0 Å². The fourth-order valence-corrected chi connectivity index (χ4v) is 4.57. The Labute approximate surface area is 183 Å². The van der Waals surface area contributed by atoms with Gasteiger partial charge in [0.25, 0.3) is 0 Å². The molecule has 1 N–H and O–H groups in total. The van der Waals surface area contributed by atoms with Crippen LogP contribution < -0.4 is 0 Å². The Balaban J connectivity index is 2.21. The monoisotopic (exact) mass is 431 g/mol. The molecule has 0 aliphatic carbocycles. The average Bonchev–Trinajstić information content (AvgIpc) is 3.03. The lowest BCUT2D eigenvalue weighted by Gasteiger charge is -2.39. The van der Waals surface area contributed by atoms with E-state index in [-0.39, 0.29) is 17.7 Å². The SMILES string of the molecule is CC(=CCC(O[Si](C)(C)C(C)(C)C)c1ccc2oc(C)nc2c1)CCCC(C)CO. The molecule has 2 unspecified atom stereocenters. The molecule has 0 aliphatic rings. The molecule has 4 nitrogen and oxygen atoms in total. The summed E-state index contributed by atoms with van der Waals surface area (Å²) in [5.41, 5.74) is 4.28. The highest BCUT2D eigenvalue weighted by Gasteiger charge is 2.39. The highest BCUT2D eigenvalue weighted by atomic mass is 28.4. The second kappa shape index (κ2) is 10.3. The fraction of sp³-hybridized carbons (Fsp3) is 0.640. The number of aliphatic hydroxyl groups excluding tert-OH is 1. The molecule has 0 saturated heterocycles. The van der Waals surface area contributed by atoms with Gasteiger partial charge in [0.15, 0.2) is 19.8 Å². The van der Waals surface area contributed by atoms with E-state index in [9.17, 15) is 5.11 Å². The van der Waals surface area contributed by atoms with Gasteiger partial charge in [0.05, 0.1) is 6.10 Å². The number of fused-ring (bicyclic) bond motifs is 1. The highest BCUT2D eigenvalue weighted by Crippen LogP contribution is 2.41. The van der Waals surface area contributed by atoms with Gasteiger partial charge in [-0.1, -0.05) is 45.4 Å². The number of hydrogen-bond donors (Lipinski definition) is 1. The van der Waals surface area contributed by atoms with Crippen LogP contribution in [0.4, 0.5) is 0 Å². The van der Waals surface area contributed by atoms with Crippen LogP contribution >= 0.6 is 0 Å². The zero-order chi connectivity index (χ0) is 22.5. The van der Waals surface area contributed by atoms with Crippen molar-refractivity contribution in [3.8, 4) is 0 Å². The van der Waals surface area contributed by atoms with E-state index >= 15 is 0 Å². The lowest BCUT2D eigenvalue weighted by molar-refractivity contribution is 0.186. The Kier molecular flexibility index (Phi) is 8.49. The smallest absolute Gasteiger partial charge is 0.192 e. The molecule has 168 valence electrons. The summed E-state index contributed by atoms with van der Waals surface area (Å²) in [4.78, 5) is 4.52. The Morgan fingerprint density at radius 2 is 2.00 bits per heavy atom. The lowest BCUT2D eigenvalue weighted by atomic mass is 10.0. The molecule has 1 heterocycles. The van der Waals surface area contributed by atoms with Crippen molar-refractivity contribution in [2.75, 3.05) is 6.61 Å². The number of nitrogens with zero attached hydrogens (tertiary/aromatic N) is 1. The number of allylic oxidation sites excluding steroid dienone is 1. The van der Waals surface area contributed by atoms with Crippen LogP contribution in [0.5, 0.6) is 0 Å². The standard InChI is InChI=1S/C25H41NO3Si/c1-18(10-9-11-19(2)17-27)12-14-23(29-30(7,8)25(4,5)6)21-13-15-24-22(16-21)26-20(3)28-24/h12-13,15-16,19,23,27H,9-11,14,17H2,1-8H3. The second-order valence-electron chi connectivity index (χ2n) is 10.3. The van der Waals surface area contributed by atoms with Crippen LogP contribution in [-0.4, -0.2) is 25.0 Å². The fourth-order valence-electron chi connectivity index (χ4n) is 3.28. The third-order valence-electron chi connectivity index (χ3n) is 6.39. The van der Waals surface area contributed by atoms with Crippen molar-refractivity contribution < 1.29 is 13.9 Å². The van der Waals surface area contributed by atoms with E-state index < -0.39 is 8.32 Å². The van der Waals surface area contributed by atoms with Gasteiger partial charge in [-0.25, -0.2) is 4.98 Å². The van der Waals surface area contributed by atoms with Crippen molar-refractivity contribution in [3.05, 3.63) is 41.3 Å². The number of benzene rings is 1. The van der Waals surface area contributed by atoms with Gasteiger partial charge in [0.2, 0.25) is 0 Å². The third kappa shape index (κ3) is 6.79. The molecular formula is C25H41NO3Si. The van der Waals surface area contributed by atoms with Gasteiger partial charge in [0.1, 0.15) is 5.52 Å². The second-order valence-corrected chi connectivity index (χ2v) is 15.0. The third-order valence-corrected chi connectivity index (χ3v) is 10.9. The van der Waals surface area contributed by atoms with Crippen LogP contribution in [0, 0.1) is 12.8 Å². The minimum absolute atomic E-state index is 0.0126. The van der Waals surface area contributed by atoms with E-state index in [1.165, 1.54) is 11.1 Å². The van der Waals surface area contributed by atoms with Gasteiger partial charge in [-0.05, 0) is 74.4 Å². The molecule has 1 aromatic carbocycles. The molecule has 0 fully saturated rings. The maximum atomic E-state index is 9.21. The summed E-state index contributed by atoms with van der Waals surface area (Å²) in [6.45, 7) is 17.9. The van der Waals surface area contributed by atoms with Crippen molar-refractivity contribution in [2.45, 2.75) is 91.5 Å². The first-order valence-corrected chi connectivity index (χ1v) is 14.1. The van der Waals surface area contributed by atoms with Crippen molar-refractivity contribution in [3.63, 3.8) is 0 Å². The average molecular weight is 432 g/mol. The predicted molar refractivity (Wildman–Crippen MR) is 128 cm³/mol. The Morgan fingerprint density at radius 1 is 1.30 bits per heavy atom. The molecule has 2 atom stereocenters. The van der Waals surface area contributed by atoms with E-state index in [0.29, 0.717) is 11.8 Å². The Morgan fingerprint density at radius 3 is 2.63 bits per heavy atom. The number of hydrogen-bond acceptors (Lipinski definition) is 4. The topological polar surface area (TPSA) is 55.5 Å². The van der Waals surface area contributed by atoms with E-state index in [2.05, 4.69) is 70.9 Å². The minimum atomic E-state index is -1.93. The predicted octanol–water partition coefficient (Wildman–Crippen LogP) is 7.33. The molecule has 0 bridgehead atoms. The van der Waals surface area contributed by atoms with Gasteiger partial charge < -0.3 is 13.9 Å². The van der Waals surface area contributed by atoms with Crippen molar-refractivity contribution >= 4 is 19.4 Å². The first-order chi connectivity index (χ1) is 13.9. The molecule has 0 amide bonds. The van der Waals surface area contributed by atoms with E-state index in [4.69, 9.17) is 8.84 Å². The van der Waals surface area contributed by atoms with Gasteiger partial charge in [-0.3, -0.25) is 0 Å². The summed E-state index contributed by atoms with van der Waals surface area (Å²) in [7, 11) is -1.93. The molecule has 2 aromatic rings. The van der Waals surface area contributed by atoms with Crippen LogP contribution in [0.2, 0.25) is 18.1 Å². The Hall–Kier alpha value is -1.43. The molecule has 0 saturated carbocycles. The number of oxazole rings is 1. The van der Waals surface area contributed by atoms with Crippen LogP contribution in [0.25, 0.3) is 11.1 Å². The largest absolute Gasteiger partial charge is 0.441 e. The number of aryl methyl sites for hydroxylation is 1. The molecule has 5 heteroatoms. The molecule has 30 heavy (non-hydrogen) atoms. The summed E-state index contributed by atoms with van der Waals surface area (Å²) in [6, 6.07) is 6.26. The Bertz CT molecular complexity index is 848. The molecular weight excluding hydrogens is 390 g/mol. The van der Waals surface area contributed by atoms with Crippen LogP contribution in [-0.2, 0) is 4.43 Å². The van der Waals surface area contributed by atoms with Crippen LogP contribution in [0.3, 0.4) is 0 Å². The number of aromatic nitrogens is 1. The molecule has 1 aromatic heterocycles. The number of rotatable bonds is 10. The summed E-state index contributed by atoms with van der Waals surface area (Å²) in [6.07, 6.45) is 6.45. The summed E-state index contributed by atoms with van der Waals surface area (Å²) < 4.78 is 12.5. The first-order valence-electron chi connectivity index (χ1n) is 11.2. The summed E-state index contributed by atoms with van der Waals surface area (Å²) >= 11 is 0. The van der Waals surface area contributed by atoms with E-state index in [0.717, 1.165) is 36.8 Å². The maximum absolute atomic E-state index is 9.21. The van der Waals surface area contributed by atoms with E-state index in [1.54, 1.807) is 0 Å². The van der Waals surface area contributed by atoms with Crippen LogP contribution in [0.1, 0.15) is 77.9 Å². The van der Waals surface area contributed by atoms with Crippen molar-refractivity contribution in [2.24, 2.45) is 5.92 Å². The highest BCUT2D eigenvalue weighted by molar-refractivity contribution is 6.74. The molecule has 0 spiro atoms. The van der Waals surface area contributed by atoms with Crippen molar-refractivity contribution in [1.29, 1.82) is 0 Å². The normalized spacial score (nSPS) is 15.6. The minimum Gasteiger partial charge on any atom is -0.441 e. The van der Waals surface area contributed by atoms with Gasteiger partial charge >= 0.3 is 0 Å². The summed E-state index contributed by atoms with van der Waals surface area (Å²) in [5, 5.41) is 9.37. The van der Waals surface area contributed by atoms with Crippen LogP contribution in [0.15, 0.2) is 34.3 Å². The molecule has 2 rings (SSSR count). The number of aliphatic hydroxyl groups is 1. The summed E-state index contributed by atoms with van der Waals surface area (Å²) in [5.74, 6) is 1.07. The first kappa shape index (κ1) is 24.8. The lowest BCUT2D eigenvalue weighted by Crippen LogP contribution is -2.41. The molecule has 0 aliphatic heterocycles. The van der Waals surface area contributed by atoms with Gasteiger partial charge in [-0.15, -0.1) is 0 Å². The zero-order valence-corrected chi connectivity index (χ0v) is 21.2. The van der Waals surface area contributed by atoms with Gasteiger partial charge in [0, 0.05) is 13.5 Å². The maximum Gasteiger partial charge on any atom is 0.192 e. The molecule has 0 radical (unpaired) electrons.